The molecule has 2 atom stereocenters. The van der Waals surface area contributed by atoms with E-state index >= 15 is 0 Å². The fourth-order valence-electron chi connectivity index (χ4n) is 2.45. The van der Waals surface area contributed by atoms with Gasteiger partial charge in [-0.1, -0.05) is 37.2 Å². The first kappa shape index (κ1) is 24.4. The van der Waals surface area contributed by atoms with Gasteiger partial charge in [-0.3, -0.25) is 0 Å². The Balaban J connectivity index is 2.52. The van der Waals surface area contributed by atoms with Crippen molar-refractivity contribution < 1.29 is 37.1 Å². The molecule has 0 saturated heterocycles. The normalized spacial score (nSPS) is 15.3. The number of hydrogen-bond acceptors (Lipinski definition) is 7. The second-order valence-electron chi connectivity index (χ2n) is 8.42. The zero-order valence-electron chi connectivity index (χ0n) is 18.1. The number of alkyl carbamates (subject to hydrolysis) is 1. The summed E-state index contributed by atoms with van der Waals surface area (Å²) in [7, 11) is 0. The van der Waals surface area contributed by atoms with Crippen molar-refractivity contribution in [2.24, 2.45) is 5.92 Å². The first-order chi connectivity index (χ1) is 14.1. The highest BCUT2D eigenvalue weighted by molar-refractivity contribution is 5.69. The smallest absolute Gasteiger partial charge is 0.444 e. The Kier molecular flexibility index (Phi) is 6.89. The summed E-state index contributed by atoms with van der Waals surface area (Å²) in [6, 6.07) is 3.92. The number of nitrogens with one attached hydrogen (secondary N) is 1. The van der Waals surface area contributed by atoms with Gasteiger partial charge in [0.05, 0.1) is 0 Å². The first-order valence-electron chi connectivity index (χ1n) is 9.51. The van der Waals surface area contributed by atoms with Gasteiger partial charge in [-0.2, -0.15) is 4.98 Å². The van der Waals surface area contributed by atoms with Crippen LogP contribution < -0.4 is 10.1 Å². The number of hydrogen-bond donors (Lipinski definition) is 2. The van der Waals surface area contributed by atoms with Crippen LogP contribution in [0.3, 0.4) is 0 Å². The molecule has 1 aromatic heterocycles. The molecule has 1 heterocycles. The van der Waals surface area contributed by atoms with Crippen molar-refractivity contribution >= 4 is 6.09 Å². The Morgan fingerprint density at radius 1 is 1.16 bits per heavy atom. The number of carbonyl (C=O) groups excluding carboxylic acids is 1. The zero-order valence-corrected chi connectivity index (χ0v) is 18.1. The predicted octanol–water partition coefficient (Wildman–Crippen LogP) is 4.45. The number of carbonyl (C=O) groups is 1. The largest absolute Gasteiger partial charge is 0.573 e. The highest BCUT2D eigenvalue weighted by Crippen LogP contribution is 2.34. The summed E-state index contributed by atoms with van der Waals surface area (Å²) in [6.07, 6.45) is -5.88. The number of ether oxygens (including phenoxy) is 2. The zero-order chi connectivity index (χ0) is 23.6. The van der Waals surface area contributed by atoms with E-state index in [2.05, 4.69) is 20.2 Å². The molecule has 31 heavy (non-hydrogen) atoms. The van der Waals surface area contributed by atoms with E-state index in [1.807, 2.05) is 0 Å². The van der Waals surface area contributed by atoms with Crippen molar-refractivity contribution in [3.05, 3.63) is 41.5 Å². The average Bonchev–Trinajstić information content (AvgIpc) is 3.08. The lowest BCUT2D eigenvalue weighted by Gasteiger charge is -2.24. The minimum Gasteiger partial charge on any atom is -0.444 e. The van der Waals surface area contributed by atoms with Crippen molar-refractivity contribution in [1.29, 1.82) is 0 Å². The lowest BCUT2D eigenvalue weighted by Crippen LogP contribution is -2.36. The van der Waals surface area contributed by atoms with E-state index in [0.717, 1.165) is 6.07 Å². The van der Waals surface area contributed by atoms with Crippen molar-refractivity contribution in [1.82, 2.24) is 15.5 Å². The molecule has 2 unspecified atom stereocenters. The standard InChI is InChI=1S/C20H26F3N3O5/c1-11(2)19(6,28)16-25-15(26-31-16)14(24-17(27)30-18(3,4)5)12-9-7-8-10-13(12)29-20(21,22)23/h7-11,14,28H,1-6H3,(H,24,27). The molecular formula is C20H26F3N3O5. The molecule has 0 radical (unpaired) electrons. The van der Waals surface area contributed by atoms with E-state index in [1.54, 1.807) is 34.6 Å². The van der Waals surface area contributed by atoms with E-state index in [9.17, 15) is 23.1 Å². The van der Waals surface area contributed by atoms with Crippen molar-refractivity contribution in [2.45, 2.75) is 65.1 Å². The van der Waals surface area contributed by atoms with Crippen LogP contribution >= 0.6 is 0 Å². The average molecular weight is 445 g/mol. The number of nitrogens with zero attached hydrogens (tertiary/aromatic N) is 2. The van der Waals surface area contributed by atoms with Crippen LogP contribution in [0.2, 0.25) is 0 Å². The summed E-state index contributed by atoms with van der Waals surface area (Å²) in [5, 5.41) is 16.8. The Morgan fingerprint density at radius 2 is 1.77 bits per heavy atom. The summed E-state index contributed by atoms with van der Waals surface area (Å²) in [5.41, 5.74) is -2.44. The summed E-state index contributed by atoms with van der Waals surface area (Å²) in [6.45, 7) is 9.82. The molecule has 0 saturated carbocycles. The van der Waals surface area contributed by atoms with Crippen molar-refractivity contribution in [3.63, 3.8) is 0 Å². The number of para-hydroxylation sites is 1. The Hall–Kier alpha value is -2.82. The van der Waals surface area contributed by atoms with Crippen LogP contribution in [0, 0.1) is 5.92 Å². The number of rotatable bonds is 6. The van der Waals surface area contributed by atoms with Crippen molar-refractivity contribution in [2.75, 3.05) is 0 Å². The summed E-state index contributed by atoms with van der Waals surface area (Å²) in [5.74, 6) is -1.19. The van der Waals surface area contributed by atoms with Crippen LogP contribution in [0.15, 0.2) is 28.8 Å². The second kappa shape index (κ2) is 8.74. The number of aliphatic hydroxyl groups is 1. The maximum Gasteiger partial charge on any atom is 0.573 e. The van der Waals surface area contributed by atoms with Gasteiger partial charge >= 0.3 is 12.5 Å². The molecule has 0 aliphatic heterocycles. The van der Waals surface area contributed by atoms with Gasteiger partial charge in [0.1, 0.15) is 23.0 Å². The van der Waals surface area contributed by atoms with Crippen LogP contribution in [-0.2, 0) is 10.3 Å². The minimum absolute atomic E-state index is 0.0813. The number of aromatic nitrogens is 2. The molecule has 1 aromatic carbocycles. The molecule has 0 bridgehead atoms. The van der Waals surface area contributed by atoms with Gasteiger partial charge in [0.25, 0.3) is 5.89 Å². The van der Waals surface area contributed by atoms with Gasteiger partial charge in [0.15, 0.2) is 5.82 Å². The summed E-state index contributed by atoms with van der Waals surface area (Å²) >= 11 is 0. The third-order valence-electron chi connectivity index (χ3n) is 4.37. The molecule has 0 fully saturated rings. The topological polar surface area (TPSA) is 107 Å². The SMILES string of the molecule is CC(C)C(C)(O)c1nc(C(NC(=O)OC(C)(C)C)c2ccccc2OC(F)(F)F)no1. The second-order valence-corrected chi connectivity index (χ2v) is 8.42. The molecule has 0 aliphatic rings. The number of halogens is 3. The van der Waals surface area contributed by atoms with Gasteiger partial charge in [-0.05, 0) is 39.7 Å². The number of benzene rings is 1. The third kappa shape index (κ3) is 6.58. The van der Waals surface area contributed by atoms with Gasteiger partial charge in [0, 0.05) is 5.56 Å². The quantitative estimate of drug-likeness (QED) is 0.677. The van der Waals surface area contributed by atoms with E-state index in [-0.39, 0.29) is 23.2 Å². The molecule has 8 nitrogen and oxygen atoms in total. The number of alkyl halides is 3. The fourth-order valence-corrected chi connectivity index (χ4v) is 2.45. The number of amides is 1. The Bertz CT molecular complexity index is 904. The highest BCUT2D eigenvalue weighted by atomic mass is 19.4. The van der Waals surface area contributed by atoms with E-state index in [4.69, 9.17) is 9.26 Å². The van der Waals surface area contributed by atoms with Crippen molar-refractivity contribution in [3.8, 4) is 5.75 Å². The molecule has 2 rings (SSSR count). The lowest BCUT2D eigenvalue weighted by molar-refractivity contribution is -0.275. The summed E-state index contributed by atoms with van der Waals surface area (Å²) in [4.78, 5) is 16.5. The Labute approximate surface area is 177 Å². The predicted molar refractivity (Wildman–Crippen MR) is 103 cm³/mol. The maximum atomic E-state index is 12.9. The maximum absolute atomic E-state index is 12.9. The molecule has 172 valence electrons. The molecular weight excluding hydrogens is 419 g/mol. The molecule has 1 amide bonds. The van der Waals surface area contributed by atoms with Gasteiger partial charge in [-0.15, -0.1) is 13.2 Å². The summed E-state index contributed by atoms with van der Waals surface area (Å²) < 4.78 is 53.2. The van der Waals surface area contributed by atoms with Crippen LogP contribution in [0.5, 0.6) is 5.75 Å². The first-order valence-corrected chi connectivity index (χ1v) is 9.51. The Morgan fingerprint density at radius 3 is 2.32 bits per heavy atom. The molecule has 11 heteroatoms. The molecule has 2 N–H and O–H groups in total. The van der Waals surface area contributed by atoms with Crippen LogP contribution in [0.4, 0.5) is 18.0 Å². The van der Waals surface area contributed by atoms with Gasteiger partial charge < -0.3 is 24.4 Å². The van der Waals surface area contributed by atoms with Crippen LogP contribution in [-0.4, -0.2) is 33.3 Å². The molecule has 2 aromatic rings. The fraction of sp³-hybridized carbons (Fsp3) is 0.550. The van der Waals surface area contributed by atoms with Crippen LogP contribution in [0.25, 0.3) is 0 Å². The van der Waals surface area contributed by atoms with E-state index < -0.39 is 35.4 Å². The highest BCUT2D eigenvalue weighted by Gasteiger charge is 2.37. The monoisotopic (exact) mass is 445 g/mol. The minimum atomic E-state index is -4.96. The third-order valence-corrected chi connectivity index (χ3v) is 4.37. The van der Waals surface area contributed by atoms with Crippen LogP contribution in [0.1, 0.15) is 64.9 Å². The van der Waals surface area contributed by atoms with E-state index in [1.165, 1.54) is 25.1 Å². The van der Waals surface area contributed by atoms with E-state index in [0.29, 0.717) is 0 Å². The lowest BCUT2D eigenvalue weighted by atomic mass is 9.92. The molecule has 0 aliphatic carbocycles. The molecule has 0 spiro atoms. The van der Waals surface area contributed by atoms with Gasteiger partial charge in [0.2, 0.25) is 0 Å². The van der Waals surface area contributed by atoms with Gasteiger partial charge in [-0.25, -0.2) is 4.79 Å².